The minimum absolute atomic E-state index is 0.0543. The number of nitrogens with zero attached hydrogens (tertiary/aromatic N) is 2. The van der Waals surface area contributed by atoms with Gasteiger partial charge in [0.15, 0.2) is 5.58 Å². The monoisotopic (exact) mass is 424 g/mol. The number of hydrogen-bond acceptors (Lipinski definition) is 5. The lowest BCUT2D eigenvalue weighted by Crippen LogP contribution is -2.31. The summed E-state index contributed by atoms with van der Waals surface area (Å²) in [6, 6.07) is 14.9. The van der Waals surface area contributed by atoms with Crippen LogP contribution in [0.25, 0.3) is 11.0 Å². The predicted octanol–water partition coefficient (Wildman–Crippen LogP) is 4.14. The maximum atomic E-state index is 13.4. The van der Waals surface area contributed by atoms with Gasteiger partial charge in [0.25, 0.3) is 0 Å². The van der Waals surface area contributed by atoms with Gasteiger partial charge in [-0.05, 0) is 49.1 Å². The molecule has 6 nitrogen and oxygen atoms in total. The lowest BCUT2D eigenvalue weighted by atomic mass is 9.99. The molecular weight excluding hydrogens is 395 g/mol. The summed E-state index contributed by atoms with van der Waals surface area (Å²) in [6.07, 6.45) is 5.38. The van der Waals surface area contributed by atoms with E-state index in [1.54, 1.807) is 17.0 Å². The molecule has 1 aliphatic rings. The standard InChI is InChI=1S/C24H29FN4O2/c1-29(24(30)16-22-20-11-4-5-12-23(20)31-28-22)13-6-2-3-10-19-15-21(27-26-19)17-8-7-9-18(25)14-17/h4-5,7-9,11-12,14,19,21,26-27H,2-3,6,10,13,15-16H2,1H3. The number of benzene rings is 2. The third-order valence-corrected chi connectivity index (χ3v) is 5.98. The molecule has 1 amide bonds. The van der Waals surface area contributed by atoms with Crippen molar-refractivity contribution in [3.8, 4) is 0 Å². The largest absolute Gasteiger partial charge is 0.356 e. The van der Waals surface area contributed by atoms with Crippen LogP contribution in [0.2, 0.25) is 0 Å². The number of nitrogens with one attached hydrogen (secondary N) is 2. The smallest absolute Gasteiger partial charge is 0.228 e. The molecule has 0 bridgehead atoms. The van der Waals surface area contributed by atoms with Crippen LogP contribution in [0.1, 0.15) is 49.4 Å². The van der Waals surface area contributed by atoms with Gasteiger partial charge in [-0.2, -0.15) is 0 Å². The van der Waals surface area contributed by atoms with Crippen molar-refractivity contribution >= 4 is 16.9 Å². The van der Waals surface area contributed by atoms with Crippen molar-refractivity contribution in [3.63, 3.8) is 0 Å². The zero-order valence-corrected chi connectivity index (χ0v) is 17.8. The minimum Gasteiger partial charge on any atom is -0.356 e. The molecule has 31 heavy (non-hydrogen) atoms. The number of fused-ring (bicyclic) bond motifs is 1. The molecule has 1 aromatic heterocycles. The molecule has 3 aromatic rings. The van der Waals surface area contributed by atoms with Gasteiger partial charge in [-0.15, -0.1) is 0 Å². The number of unbranched alkanes of at least 4 members (excludes halogenated alkanes) is 2. The number of likely N-dealkylation sites (N-methyl/N-ethyl adjacent to an activating group) is 1. The van der Waals surface area contributed by atoms with Gasteiger partial charge >= 0.3 is 0 Å². The maximum absolute atomic E-state index is 13.4. The Morgan fingerprint density at radius 2 is 2.03 bits per heavy atom. The van der Waals surface area contributed by atoms with Gasteiger partial charge < -0.3 is 9.42 Å². The minimum atomic E-state index is -0.196. The average Bonchev–Trinajstić information content (AvgIpc) is 3.41. The molecule has 2 N–H and O–H groups in total. The highest BCUT2D eigenvalue weighted by molar-refractivity contribution is 5.86. The number of halogens is 1. The highest BCUT2D eigenvalue weighted by Gasteiger charge is 2.24. The van der Waals surface area contributed by atoms with Crippen LogP contribution in [0.5, 0.6) is 0 Å². The van der Waals surface area contributed by atoms with E-state index in [1.807, 2.05) is 37.4 Å². The van der Waals surface area contributed by atoms with Crippen LogP contribution in [-0.4, -0.2) is 35.6 Å². The van der Waals surface area contributed by atoms with Gasteiger partial charge in [0.1, 0.15) is 11.5 Å². The summed E-state index contributed by atoms with van der Waals surface area (Å²) in [7, 11) is 1.84. The molecule has 1 saturated heterocycles. The number of carbonyl (C=O) groups excluding carboxylic acids is 1. The maximum Gasteiger partial charge on any atom is 0.228 e. The number of hydrogen-bond donors (Lipinski definition) is 2. The van der Waals surface area contributed by atoms with Crippen molar-refractivity contribution in [3.05, 3.63) is 65.6 Å². The van der Waals surface area contributed by atoms with E-state index in [0.717, 1.165) is 49.6 Å². The summed E-state index contributed by atoms with van der Waals surface area (Å²) in [5.41, 5.74) is 8.99. The Hall–Kier alpha value is -2.77. The lowest BCUT2D eigenvalue weighted by Gasteiger charge is -2.17. The van der Waals surface area contributed by atoms with Crippen LogP contribution in [0.3, 0.4) is 0 Å². The number of hydrazine groups is 1. The molecule has 0 saturated carbocycles. The first-order valence-electron chi connectivity index (χ1n) is 10.9. The summed E-state index contributed by atoms with van der Waals surface area (Å²) >= 11 is 0. The van der Waals surface area contributed by atoms with Gasteiger partial charge in [0, 0.05) is 31.1 Å². The molecule has 0 radical (unpaired) electrons. The summed E-state index contributed by atoms with van der Waals surface area (Å²) in [5, 5.41) is 4.95. The number of carbonyl (C=O) groups is 1. The average molecular weight is 425 g/mol. The van der Waals surface area contributed by atoms with E-state index >= 15 is 0 Å². The third-order valence-electron chi connectivity index (χ3n) is 5.98. The number of para-hydroxylation sites is 1. The lowest BCUT2D eigenvalue weighted by molar-refractivity contribution is -0.129. The molecule has 164 valence electrons. The van der Waals surface area contributed by atoms with Gasteiger partial charge in [-0.3, -0.25) is 15.6 Å². The van der Waals surface area contributed by atoms with Crippen molar-refractivity contribution < 1.29 is 13.7 Å². The predicted molar refractivity (Wildman–Crippen MR) is 118 cm³/mol. The fourth-order valence-electron chi connectivity index (χ4n) is 4.14. The molecule has 7 heteroatoms. The summed E-state index contributed by atoms with van der Waals surface area (Å²) in [6.45, 7) is 0.733. The molecule has 2 atom stereocenters. The van der Waals surface area contributed by atoms with E-state index in [9.17, 15) is 9.18 Å². The van der Waals surface area contributed by atoms with Gasteiger partial charge in [-0.25, -0.2) is 4.39 Å². The van der Waals surface area contributed by atoms with E-state index < -0.39 is 0 Å². The second-order valence-electron chi connectivity index (χ2n) is 8.30. The van der Waals surface area contributed by atoms with Crippen molar-refractivity contribution in [2.24, 2.45) is 0 Å². The van der Waals surface area contributed by atoms with Gasteiger partial charge in [-0.1, -0.05) is 42.3 Å². The molecule has 1 fully saturated rings. The Bertz CT molecular complexity index is 1020. The first-order valence-corrected chi connectivity index (χ1v) is 10.9. The molecule has 2 aromatic carbocycles. The van der Waals surface area contributed by atoms with Crippen LogP contribution >= 0.6 is 0 Å². The van der Waals surface area contributed by atoms with Gasteiger partial charge in [0.05, 0.1) is 6.42 Å². The normalized spacial score (nSPS) is 18.5. The van der Waals surface area contributed by atoms with E-state index in [4.69, 9.17) is 4.52 Å². The zero-order valence-electron chi connectivity index (χ0n) is 17.8. The Balaban J connectivity index is 1.14. The van der Waals surface area contributed by atoms with Crippen LogP contribution in [-0.2, 0) is 11.2 Å². The highest BCUT2D eigenvalue weighted by atomic mass is 19.1. The second-order valence-corrected chi connectivity index (χ2v) is 8.30. The van der Waals surface area contributed by atoms with Crippen LogP contribution < -0.4 is 10.9 Å². The van der Waals surface area contributed by atoms with E-state index in [2.05, 4.69) is 16.0 Å². The Kier molecular flexibility index (Phi) is 6.94. The van der Waals surface area contributed by atoms with E-state index in [1.165, 1.54) is 6.07 Å². The first kappa shape index (κ1) is 21.5. The molecule has 2 unspecified atom stereocenters. The van der Waals surface area contributed by atoms with E-state index in [0.29, 0.717) is 17.3 Å². The summed E-state index contributed by atoms with van der Waals surface area (Å²) < 4.78 is 18.7. The summed E-state index contributed by atoms with van der Waals surface area (Å²) in [5.74, 6) is -0.142. The molecule has 4 rings (SSSR count). The first-order chi connectivity index (χ1) is 15.1. The fraction of sp³-hybridized carbons (Fsp3) is 0.417. The quantitative estimate of drug-likeness (QED) is 0.506. The Morgan fingerprint density at radius 1 is 1.16 bits per heavy atom. The molecular formula is C24H29FN4O2. The summed E-state index contributed by atoms with van der Waals surface area (Å²) in [4.78, 5) is 14.3. The van der Waals surface area contributed by atoms with Crippen molar-refractivity contribution in [2.75, 3.05) is 13.6 Å². The van der Waals surface area contributed by atoms with Crippen molar-refractivity contribution in [2.45, 2.75) is 50.6 Å². The number of amides is 1. The number of rotatable bonds is 9. The second kappa shape index (κ2) is 10.0. The SMILES string of the molecule is CN(CCCCCC1CC(c2cccc(F)c2)NN1)C(=O)Cc1noc2ccccc12. The van der Waals surface area contributed by atoms with Crippen LogP contribution in [0.4, 0.5) is 4.39 Å². The van der Waals surface area contributed by atoms with Crippen LogP contribution in [0.15, 0.2) is 53.1 Å². The molecule has 0 aliphatic carbocycles. The highest BCUT2D eigenvalue weighted by Crippen LogP contribution is 2.25. The molecule has 1 aliphatic heterocycles. The van der Waals surface area contributed by atoms with Crippen molar-refractivity contribution in [1.29, 1.82) is 0 Å². The molecule has 0 spiro atoms. The third kappa shape index (κ3) is 5.48. The Labute approximate surface area is 181 Å². The molecule has 2 heterocycles. The fourth-order valence-corrected chi connectivity index (χ4v) is 4.14. The topological polar surface area (TPSA) is 70.4 Å². The van der Waals surface area contributed by atoms with Crippen molar-refractivity contribution in [1.82, 2.24) is 20.9 Å². The van der Waals surface area contributed by atoms with E-state index in [-0.39, 0.29) is 24.2 Å². The Morgan fingerprint density at radius 3 is 2.90 bits per heavy atom. The van der Waals surface area contributed by atoms with Crippen LogP contribution in [0, 0.1) is 5.82 Å². The number of aromatic nitrogens is 1. The zero-order chi connectivity index (χ0) is 21.6. The van der Waals surface area contributed by atoms with Gasteiger partial charge in [0.2, 0.25) is 5.91 Å².